The first kappa shape index (κ1) is 10.3. The van der Waals surface area contributed by atoms with E-state index in [1.165, 1.54) is 19.2 Å². The number of rotatable bonds is 2. The molecule has 72 valence electrons. The summed E-state index contributed by atoms with van der Waals surface area (Å²) in [5.74, 6) is 0.317. The summed E-state index contributed by atoms with van der Waals surface area (Å²) in [6, 6.07) is 3.98. The second-order valence-electron chi connectivity index (χ2n) is 2.27. The normalized spacial score (nSPS) is 11.3. The molecule has 0 bridgehead atoms. The van der Waals surface area contributed by atoms with Crippen LogP contribution in [0, 0.1) is 0 Å². The van der Waals surface area contributed by atoms with Gasteiger partial charge in [0, 0.05) is 6.07 Å². The highest BCUT2D eigenvalue weighted by molar-refractivity contribution is 7.86. The lowest BCUT2D eigenvalue weighted by molar-refractivity contribution is 0.412. The summed E-state index contributed by atoms with van der Waals surface area (Å²) in [7, 11) is -2.89. The van der Waals surface area contributed by atoms with Gasteiger partial charge in [0.25, 0.3) is 10.1 Å². The third kappa shape index (κ3) is 2.33. The van der Waals surface area contributed by atoms with Crippen molar-refractivity contribution < 1.29 is 17.7 Å². The van der Waals surface area contributed by atoms with Gasteiger partial charge in [0.2, 0.25) is 0 Å². The van der Waals surface area contributed by atoms with Crippen molar-refractivity contribution in [2.45, 2.75) is 4.90 Å². The van der Waals surface area contributed by atoms with Gasteiger partial charge >= 0.3 is 0 Å². The Labute approximate surface area is 80.8 Å². The van der Waals surface area contributed by atoms with Gasteiger partial charge in [-0.15, -0.1) is 0 Å². The van der Waals surface area contributed by atoms with E-state index >= 15 is 0 Å². The molecular weight excluding hydrogens is 216 g/mol. The van der Waals surface area contributed by atoms with Crippen LogP contribution in [0.4, 0.5) is 0 Å². The van der Waals surface area contributed by atoms with E-state index in [0.29, 0.717) is 5.75 Å². The molecule has 0 amide bonds. The number of methoxy groups -OCH3 is 1. The fraction of sp³-hybridized carbons (Fsp3) is 0.143. The van der Waals surface area contributed by atoms with Gasteiger partial charge in [-0.1, -0.05) is 11.6 Å². The summed E-state index contributed by atoms with van der Waals surface area (Å²) in [5, 5.41) is -0.0386. The Bertz CT molecular complexity index is 413. The molecule has 0 radical (unpaired) electrons. The van der Waals surface area contributed by atoms with Crippen LogP contribution in [-0.2, 0) is 10.1 Å². The van der Waals surface area contributed by atoms with Crippen LogP contribution in [0.5, 0.6) is 5.75 Å². The molecule has 1 aromatic rings. The molecule has 0 aromatic heterocycles. The molecule has 1 rings (SSSR count). The molecule has 0 aliphatic rings. The van der Waals surface area contributed by atoms with Gasteiger partial charge in [0.05, 0.1) is 12.1 Å². The maximum Gasteiger partial charge on any atom is 0.296 e. The molecule has 0 atom stereocenters. The molecule has 0 saturated heterocycles. The van der Waals surface area contributed by atoms with Gasteiger partial charge in [-0.2, -0.15) is 8.42 Å². The van der Waals surface area contributed by atoms with Gasteiger partial charge in [0.15, 0.2) is 0 Å². The third-order valence-electron chi connectivity index (χ3n) is 1.42. The van der Waals surface area contributed by atoms with E-state index in [4.69, 9.17) is 20.9 Å². The molecule has 4 nitrogen and oxygen atoms in total. The van der Waals surface area contributed by atoms with Crippen LogP contribution < -0.4 is 4.74 Å². The van der Waals surface area contributed by atoms with E-state index in [1.807, 2.05) is 0 Å². The highest BCUT2D eigenvalue weighted by Gasteiger charge is 2.14. The van der Waals surface area contributed by atoms with Crippen LogP contribution in [0.2, 0.25) is 5.02 Å². The monoisotopic (exact) mass is 222 g/mol. The maximum absolute atomic E-state index is 10.7. The highest BCUT2D eigenvalue weighted by Crippen LogP contribution is 2.25. The SMILES string of the molecule is COc1ccc(Cl)c(S(=O)(=O)O)c1. The zero-order valence-electron chi connectivity index (χ0n) is 6.69. The Morgan fingerprint density at radius 3 is 2.54 bits per heavy atom. The summed E-state index contributed by atoms with van der Waals surface area (Å²) in [6.45, 7) is 0. The van der Waals surface area contributed by atoms with Gasteiger partial charge in [-0.25, -0.2) is 0 Å². The Morgan fingerprint density at radius 1 is 1.46 bits per heavy atom. The molecule has 0 aliphatic heterocycles. The standard InChI is InChI=1S/C7H7ClO4S/c1-12-5-2-3-6(8)7(4-5)13(9,10)11/h2-4H,1H3,(H,9,10,11). The van der Waals surface area contributed by atoms with Crippen LogP contribution >= 0.6 is 11.6 Å². The number of benzene rings is 1. The van der Waals surface area contributed by atoms with Crippen molar-refractivity contribution in [3.05, 3.63) is 23.2 Å². The number of halogens is 1. The zero-order valence-corrected chi connectivity index (χ0v) is 8.26. The number of hydrogen-bond acceptors (Lipinski definition) is 3. The van der Waals surface area contributed by atoms with Crippen LogP contribution in [-0.4, -0.2) is 20.1 Å². The molecule has 1 N–H and O–H groups in total. The van der Waals surface area contributed by atoms with E-state index in [9.17, 15) is 8.42 Å². The van der Waals surface area contributed by atoms with E-state index < -0.39 is 10.1 Å². The minimum atomic E-state index is -4.28. The fourth-order valence-corrected chi connectivity index (χ4v) is 1.80. The van der Waals surface area contributed by atoms with Gasteiger partial charge < -0.3 is 4.74 Å². The van der Waals surface area contributed by atoms with E-state index in [1.54, 1.807) is 0 Å². The lowest BCUT2D eigenvalue weighted by Crippen LogP contribution is -1.99. The molecule has 6 heteroatoms. The third-order valence-corrected chi connectivity index (χ3v) is 2.75. The summed E-state index contributed by atoms with van der Waals surface area (Å²) >= 11 is 5.54. The van der Waals surface area contributed by atoms with Crippen molar-refractivity contribution >= 4 is 21.7 Å². The zero-order chi connectivity index (χ0) is 10.1. The first-order chi connectivity index (χ1) is 5.95. The Hall–Kier alpha value is -0.780. The molecule has 0 spiro atoms. The predicted molar refractivity (Wildman–Crippen MR) is 47.8 cm³/mol. The quantitative estimate of drug-likeness (QED) is 0.772. The molecule has 0 fully saturated rings. The highest BCUT2D eigenvalue weighted by atomic mass is 35.5. The molecule has 0 saturated carbocycles. The van der Waals surface area contributed by atoms with E-state index in [0.717, 1.165) is 6.07 Å². The van der Waals surface area contributed by atoms with E-state index in [-0.39, 0.29) is 9.92 Å². The van der Waals surface area contributed by atoms with Crippen molar-refractivity contribution in [2.75, 3.05) is 7.11 Å². The van der Waals surface area contributed by atoms with Crippen LogP contribution in [0.3, 0.4) is 0 Å². The van der Waals surface area contributed by atoms with Crippen molar-refractivity contribution in [1.82, 2.24) is 0 Å². The topological polar surface area (TPSA) is 63.6 Å². The Balaban J connectivity index is 3.36. The smallest absolute Gasteiger partial charge is 0.296 e. The minimum absolute atomic E-state index is 0.0386. The summed E-state index contributed by atoms with van der Waals surface area (Å²) in [5.41, 5.74) is 0. The summed E-state index contributed by atoms with van der Waals surface area (Å²) in [4.78, 5) is -0.353. The second kappa shape index (κ2) is 3.53. The van der Waals surface area contributed by atoms with Crippen LogP contribution in [0.1, 0.15) is 0 Å². The lowest BCUT2D eigenvalue weighted by atomic mass is 10.3. The molecule has 0 aliphatic carbocycles. The molecule has 13 heavy (non-hydrogen) atoms. The first-order valence-electron chi connectivity index (χ1n) is 3.26. The van der Waals surface area contributed by atoms with Crippen molar-refractivity contribution in [3.8, 4) is 5.75 Å². The largest absolute Gasteiger partial charge is 0.497 e. The average molecular weight is 223 g/mol. The Kier molecular flexibility index (Phi) is 2.80. The molecule has 0 heterocycles. The van der Waals surface area contributed by atoms with Crippen molar-refractivity contribution in [2.24, 2.45) is 0 Å². The fourth-order valence-electron chi connectivity index (χ4n) is 0.808. The summed E-state index contributed by atoms with van der Waals surface area (Å²) in [6.07, 6.45) is 0. The van der Waals surface area contributed by atoms with Gasteiger partial charge in [0.1, 0.15) is 10.6 Å². The summed E-state index contributed by atoms with van der Waals surface area (Å²) < 4.78 is 35.0. The van der Waals surface area contributed by atoms with Crippen molar-refractivity contribution in [3.63, 3.8) is 0 Å². The average Bonchev–Trinajstić information content (AvgIpc) is 2.03. The maximum atomic E-state index is 10.7. The lowest BCUT2D eigenvalue weighted by Gasteiger charge is -2.03. The van der Waals surface area contributed by atoms with Gasteiger partial charge in [-0.3, -0.25) is 4.55 Å². The van der Waals surface area contributed by atoms with Crippen LogP contribution in [0.15, 0.2) is 23.1 Å². The number of ether oxygens (including phenoxy) is 1. The second-order valence-corrected chi connectivity index (χ2v) is 4.07. The number of hydrogen-bond donors (Lipinski definition) is 1. The predicted octanol–water partition coefficient (Wildman–Crippen LogP) is 1.60. The first-order valence-corrected chi connectivity index (χ1v) is 5.08. The van der Waals surface area contributed by atoms with Gasteiger partial charge in [-0.05, 0) is 12.1 Å². The minimum Gasteiger partial charge on any atom is -0.497 e. The van der Waals surface area contributed by atoms with Crippen LogP contribution in [0.25, 0.3) is 0 Å². The van der Waals surface area contributed by atoms with Crippen molar-refractivity contribution in [1.29, 1.82) is 0 Å². The Morgan fingerprint density at radius 2 is 2.08 bits per heavy atom. The molecule has 0 unspecified atom stereocenters. The van der Waals surface area contributed by atoms with E-state index in [2.05, 4.69) is 0 Å². The molecule has 1 aromatic carbocycles. The molecular formula is C7H7ClO4S.